The molecule has 0 unspecified atom stereocenters. The van der Waals surface area contributed by atoms with Crippen LogP contribution in [0.2, 0.25) is 0 Å². The van der Waals surface area contributed by atoms with Gasteiger partial charge in [0.2, 0.25) is 5.91 Å². The number of amides is 2. The molecule has 0 radical (unpaired) electrons. The molecule has 5 heteroatoms. The molecule has 1 aliphatic rings. The minimum Gasteiger partial charge on any atom is -0.339 e. The Morgan fingerprint density at radius 1 is 1.21 bits per heavy atom. The first-order valence-electron chi connectivity index (χ1n) is 6.55. The number of nitrogens with one attached hydrogen (secondary N) is 2. The Labute approximate surface area is 113 Å². The van der Waals surface area contributed by atoms with Crippen LogP contribution in [-0.4, -0.2) is 43.4 Å². The summed E-state index contributed by atoms with van der Waals surface area (Å²) < 4.78 is 0. The lowest BCUT2D eigenvalue weighted by molar-refractivity contribution is -0.115. The number of hydrogen-bond acceptors (Lipinski definition) is 3. The Bertz CT molecular complexity index is 468. The highest BCUT2D eigenvalue weighted by Gasteiger charge is 2.21. The van der Waals surface area contributed by atoms with Crippen LogP contribution in [0.5, 0.6) is 0 Å². The van der Waals surface area contributed by atoms with Gasteiger partial charge in [0.1, 0.15) is 0 Å². The lowest BCUT2D eigenvalue weighted by Crippen LogP contribution is -2.30. The average Bonchev–Trinajstić information content (AvgIpc) is 2.93. The van der Waals surface area contributed by atoms with Crippen molar-refractivity contribution < 1.29 is 9.59 Å². The number of hydrogen-bond donors (Lipinski definition) is 2. The fourth-order valence-corrected chi connectivity index (χ4v) is 2.22. The first kappa shape index (κ1) is 13.5. The third kappa shape index (κ3) is 3.32. The molecule has 2 rings (SSSR count). The van der Waals surface area contributed by atoms with Crippen LogP contribution < -0.4 is 10.6 Å². The molecular weight excluding hydrogens is 242 g/mol. The number of rotatable bonds is 4. The van der Waals surface area contributed by atoms with Gasteiger partial charge in [-0.05, 0) is 32.0 Å². The molecule has 0 aromatic heterocycles. The van der Waals surface area contributed by atoms with Gasteiger partial charge < -0.3 is 15.5 Å². The Morgan fingerprint density at radius 3 is 2.58 bits per heavy atom. The van der Waals surface area contributed by atoms with Gasteiger partial charge >= 0.3 is 0 Å². The lowest BCUT2D eigenvalue weighted by atomic mass is 10.1. The topological polar surface area (TPSA) is 61.4 Å². The third-order valence-corrected chi connectivity index (χ3v) is 3.16. The van der Waals surface area contributed by atoms with Crippen molar-refractivity contribution in [3.63, 3.8) is 0 Å². The number of carbonyl (C=O) groups is 2. The molecule has 1 aromatic carbocycles. The van der Waals surface area contributed by atoms with Crippen LogP contribution in [0, 0.1) is 0 Å². The van der Waals surface area contributed by atoms with Gasteiger partial charge in [0, 0.05) is 13.1 Å². The maximum absolute atomic E-state index is 12.4. The molecule has 1 saturated heterocycles. The maximum atomic E-state index is 12.4. The largest absolute Gasteiger partial charge is 0.339 e. The molecule has 102 valence electrons. The van der Waals surface area contributed by atoms with E-state index in [-0.39, 0.29) is 18.4 Å². The molecule has 1 aliphatic heterocycles. The van der Waals surface area contributed by atoms with E-state index in [1.54, 1.807) is 19.2 Å². The van der Waals surface area contributed by atoms with Crippen molar-refractivity contribution in [3.05, 3.63) is 29.8 Å². The zero-order chi connectivity index (χ0) is 13.7. The number of carbonyl (C=O) groups excluding carboxylic acids is 2. The van der Waals surface area contributed by atoms with Crippen molar-refractivity contribution in [1.29, 1.82) is 0 Å². The highest BCUT2D eigenvalue weighted by atomic mass is 16.2. The van der Waals surface area contributed by atoms with Crippen molar-refractivity contribution in [3.8, 4) is 0 Å². The summed E-state index contributed by atoms with van der Waals surface area (Å²) in [6.07, 6.45) is 2.11. The maximum Gasteiger partial charge on any atom is 0.255 e. The Kier molecular flexibility index (Phi) is 4.52. The van der Waals surface area contributed by atoms with Gasteiger partial charge in [-0.15, -0.1) is 0 Å². The van der Waals surface area contributed by atoms with Crippen molar-refractivity contribution in [2.45, 2.75) is 12.8 Å². The molecule has 1 heterocycles. The first-order chi connectivity index (χ1) is 9.22. The van der Waals surface area contributed by atoms with E-state index in [4.69, 9.17) is 0 Å². The highest BCUT2D eigenvalue weighted by molar-refractivity contribution is 6.04. The number of likely N-dealkylation sites (N-methyl/N-ethyl adjacent to an activating group) is 1. The van der Waals surface area contributed by atoms with Crippen LogP contribution in [0.25, 0.3) is 0 Å². The van der Waals surface area contributed by atoms with Gasteiger partial charge in [0.05, 0.1) is 17.8 Å². The molecule has 0 aliphatic carbocycles. The van der Waals surface area contributed by atoms with Gasteiger partial charge in [0.25, 0.3) is 5.91 Å². The molecule has 2 N–H and O–H groups in total. The zero-order valence-corrected chi connectivity index (χ0v) is 11.1. The van der Waals surface area contributed by atoms with E-state index in [1.807, 2.05) is 17.0 Å². The van der Waals surface area contributed by atoms with Gasteiger partial charge in [-0.1, -0.05) is 12.1 Å². The summed E-state index contributed by atoms with van der Waals surface area (Å²) in [4.78, 5) is 25.8. The van der Waals surface area contributed by atoms with Crippen molar-refractivity contribution >= 4 is 17.5 Å². The fraction of sp³-hybridized carbons (Fsp3) is 0.429. The highest BCUT2D eigenvalue weighted by Crippen LogP contribution is 2.19. The van der Waals surface area contributed by atoms with Gasteiger partial charge in [-0.25, -0.2) is 0 Å². The summed E-state index contributed by atoms with van der Waals surface area (Å²) in [6.45, 7) is 1.83. The molecule has 0 saturated carbocycles. The van der Waals surface area contributed by atoms with Crippen molar-refractivity contribution in [2.75, 3.05) is 32.0 Å². The van der Waals surface area contributed by atoms with Crippen LogP contribution in [0.4, 0.5) is 5.69 Å². The number of anilines is 1. The van der Waals surface area contributed by atoms with Crippen LogP contribution in [0.15, 0.2) is 24.3 Å². The van der Waals surface area contributed by atoms with Gasteiger partial charge in [-0.2, -0.15) is 0 Å². The van der Waals surface area contributed by atoms with E-state index in [1.165, 1.54) is 0 Å². The predicted molar refractivity (Wildman–Crippen MR) is 74.1 cm³/mol. The molecule has 0 bridgehead atoms. The zero-order valence-electron chi connectivity index (χ0n) is 11.1. The second-order valence-corrected chi connectivity index (χ2v) is 4.62. The smallest absolute Gasteiger partial charge is 0.255 e. The minimum atomic E-state index is -0.149. The molecule has 1 fully saturated rings. The number of benzene rings is 1. The Morgan fingerprint density at radius 2 is 1.89 bits per heavy atom. The van der Waals surface area contributed by atoms with E-state index in [0.717, 1.165) is 25.9 Å². The van der Waals surface area contributed by atoms with Crippen LogP contribution in [-0.2, 0) is 4.79 Å². The summed E-state index contributed by atoms with van der Waals surface area (Å²) in [5, 5.41) is 5.55. The Hall–Kier alpha value is -1.88. The molecule has 2 amide bonds. The molecule has 0 atom stereocenters. The summed E-state index contributed by atoms with van der Waals surface area (Å²) in [6, 6.07) is 7.15. The summed E-state index contributed by atoms with van der Waals surface area (Å²) in [5.41, 5.74) is 1.15. The molecule has 1 aromatic rings. The number of nitrogens with zero attached hydrogens (tertiary/aromatic N) is 1. The Balaban J connectivity index is 2.15. The van der Waals surface area contributed by atoms with E-state index in [0.29, 0.717) is 11.3 Å². The minimum absolute atomic E-state index is 0.00198. The second kappa shape index (κ2) is 6.33. The molecule has 0 spiro atoms. The number of para-hydroxylation sites is 1. The van der Waals surface area contributed by atoms with Crippen molar-refractivity contribution in [1.82, 2.24) is 10.2 Å². The molecule has 19 heavy (non-hydrogen) atoms. The van der Waals surface area contributed by atoms with Gasteiger partial charge in [0.15, 0.2) is 0 Å². The summed E-state index contributed by atoms with van der Waals surface area (Å²) >= 11 is 0. The number of likely N-dealkylation sites (tertiary alicyclic amines) is 1. The standard InChI is InChI=1S/C14H19N3O2/c1-15-10-13(18)16-12-7-3-2-6-11(12)14(19)17-8-4-5-9-17/h2-3,6-7,15H,4-5,8-10H2,1H3,(H,16,18). The quantitative estimate of drug-likeness (QED) is 0.852. The SMILES string of the molecule is CNCC(=O)Nc1ccccc1C(=O)N1CCCC1. The van der Waals surface area contributed by atoms with E-state index >= 15 is 0 Å². The normalized spacial score (nSPS) is 14.5. The second-order valence-electron chi connectivity index (χ2n) is 4.62. The summed E-state index contributed by atoms with van der Waals surface area (Å²) in [7, 11) is 1.71. The molecule has 5 nitrogen and oxygen atoms in total. The van der Waals surface area contributed by atoms with Crippen LogP contribution in [0.3, 0.4) is 0 Å². The van der Waals surface area contributed by atoms with Crippen LogP contribution >= 0.6 is 0 Å². The van der Waals surface area contributed by atoms with E-state index in [2.05, 4.69) is 10.6 Å². The van der Waals surface area contributed by atoms with Crippen molar-refractivity contribution in [2.24, 2.45) is 0 Å². The predicted octanol–water partition coefficient (Wildman–Crippen LogP) is 1.08. The van der Waals surface area contributed by atoms with E-state index in [9.17, 15) is 9.59 Å². The molecular formula is C14H19N3O2. The third-order valence-electron chi connectivity index (χ3n) is 3.16. The summed E-state index contributed by atoms with van der Waals surface area (Å²) in [5.74, 6) is -0.151. The average molecular weight is 261 g/mol. The first-order valence-corrected chi connectivity index (χ1v) is 6.55. The monoisotopic (exact) mass is 261 g/mol. The van der Waals surface area contributed by atoms with Gasteiger partial charge in [-0.3, -0.25) is 9.59 Å². The fourth-order valence-electron chi connectivity index (χ4n) is 2.22. The van der Waals surface area contributed by atoms with Crippen LogP contribution in [0.1, 0.15) is 23.2 Å². The lowest BCUT2D eigenvalue weighted by Gasteiger charge is -2.17. The van der Waals surface area contributed by atoms with E-state index < -0.39 is 0 Å².